The van der Waals surface area contributed by atoms with Crippen LogP contribution in [0.25, 0.3) is 0 Å². The highest BCUT2D eigenvalue weighted by molar-refractivity contribution is 5.16. The van der Waals surface area contributed by atoms with E-state index in [1.54, 1.807) is 0 Å². The highest BCUT2D eigenvalue weighted by Crippen LogP contribution is 2.07. The molecule has 106 valence electrons. The summed E-state index contributed by atoms with van der Waals surface area (Å²) in [6, 6.07) is 7.08. The molecular formula is C15H23FN2O. The Hall–Kier alpha value is -0.970. The van der Waals surface area contributed by atoms with Crippen LogP contribution in [0.3, 0.4) is 0 Å². The largest absolute Gasteiger partial charge is 0.374 e. The zero-order valence-corrected chi connectivity index (χ0v) is 11.7. The van der Waals surface area contributed by atoms with Crippen LogP contribution >= 0.6 is 0 Å². The SMILES string of the molecule is CC(Cc1ccc(F)cc1)NCC1CN(C)CCO1. The van der Waals surface area contributed by atoms with Crippen LogP contribution < -0.4 is 5.32 Å². The summed E-state index contributed by atoms with van der Waals surface area (Å²) >= 11 is 0. The van der Waals surface area contributed by atoms with E-state index in [-0.39, 0.29) is 11.9 Å². The lowest BCUT2D eigenvalue weighted by molar-refractivity contribution is -0.0190. The first kappa shape index (κ1) is 14.4. The average Bonchev–Trinajstić information content (AvgIpc) is 2.39. The molecule has 4 heteroatoms. The van der Waals surface area contributed by atoms with E-state index in [1.807, 2.05) is 12.1 Å². The number of likely N-dealkylation sites (N-methyl/N-ethyl adjacent to an activating group) is 1. The van der Waals surface area contributed by atoms with E-state index >= 15 is 0 Å². The topological polar surface area (TPSA) is 24.5 Å². The van der Waals surface area contributed by atoms with E-state index in [2.05, 4.69) is 24.2 Å². The minimum absolute atomic E-state index is 0.178. The van der Waals surface area contributed by atoms with Crippen LogP contribution in [-0.4, -0.2) is 50.3 Å². The lowest BCUT2D eigenvalue weighted by Crippen LogP contribution is -2.46. The Bertz CT molecular complexity index is 382. The Balaban J connectivity index is 1.72. The van der Waals surface area contributed by atoms with Gasteiger partial charge in [-0.3, -0.25) is 0 Å². The first-order valence-electron chi connectivity index (χ1n) is 6.91. The van der Waals surface area contributed by atoms with Gasteiger partial charge in [-0.1, -0.05) is 12.1 Å². The van der Waals surface area contributed by atoms with Gasteiger partial charge in [0.15, 0.2) is 0 Å². The zero-order chi connectivity index (χ0) is 13.7. The summed E-state index contributed by atoms with van der Waals surface area (Å²) in [4.78, 5) is 2.29. The second-order valence-corrected chi connectivity index (χ2v) is 5.39. The van der Waals surface area contributed by atoms with Crippen LogP contribution in [0.4, 0.5) is 4.39 Å². The molecule has 3 nitrogen and oxygen atoms in total. The fraction of sp³-hybridized carbons (Fsp3) is 0.600. The normalized spacial score (nSPS) is 22.4. The number of halogens is 1. The fourth-order valence-corrected chi connectivity index (χ4v) is 2.37. The number of rotatable bonds is 5. The summed E-state index contributed by atoms with van der Waals surface area (Å²) in [5.74, 6) is -0.178. The van der Waals surface area contributed by atoms with E-state index in [1.165, 1.54) is 12.1 Å². The van der Waals surface area contributed by atoms with E-state index in [4.69, 9.17) is 4.74 Å². The van der Waals surface area contributed by atoms with Gasteiger partial charge in [0.2, 0.25) is 0 Å². The molecule has 19 heavy (non-hydrogen) atoms. The van der Waals surface area contributed by atoms with Crippen molar-refractivity contribution in [3.63, 3.8) is 0 Å². The monoisotopic (exact) mass is 266 g/mol. The number of nitrogens with one attached hydrogen (secondary N) is 1. The Morgan fingerprint density at radius 2 is 2.16 bits per heavy atom. The van der Waals surface area contributed by atoms with Crippen molar-refractivity contribution in [2.45, 2.75) is 25.5 Å². The first-order valence-corrected chi connectivity index (χ1v) is 6.91. The van der Waals surface area contributed by atoms with Crippen molar-refractivity contribution in [1.82, 2.24) is 10.2 Å². The standard InChI is InChI=1S/C15H23FN2O/c1-12(9-13-3-5-14(16)6-4-13)17-10-15-11-18(2)7-8-19-15/h3-6,12,15,17H,7-11H2,1-2H3. The molecule has 1 aliphatic heterocycles. The third-order valence-corrected chi connectivity index (χ3v) is 3.49. The molecule has 1 saturated heterocycles. The molecule has 1 N–H and O–H groups in total. The third-order valence-electron chi connectivity index (χ3n) is 3.49. The number of hydrogen-bond acceptors (Lipinski definition) is 3. The maximum absolute atomic E-state index is 12.8. The van der Waals surface area contributed by atoms with Gasteiger partial charge in [0.1, 0.15) is 5.82 Å². The number of benzene rings is 1. The molecule has 1 fully saturated rings. The van der Waals surface area contributed by atoms with Crippen LogP contribution in [0, 0.1) is 5.82 Å². The maximum atomic E-state index is 12.8. The van der Waals surface area contributed by atoms with Crippen LogP contribution in [0.5, 0.6) is 0 Å². The highest BCUT2D eigenvalue weighted by Gasteiger charge is 2.17. The second-order valence-electron chi connectivity index (χ2n) is 5.39. The second kappa shape index (κ2) is 6.98. The summed E-state index contributed by atoms with van der Waals surface area (Å²) in [7, 11) is 2.12. The maximum Gasteiger partial charge on any atom is 0.123 e. The molecule has 0 spiro atoms. The highest BCUT2D eigenvalue weighted by atomic mass is 19.1. The van der Waals surface area contributed by atoms with Crippen molar-refractivity contribution in [1.29, 1.82) is 0 Å². The van der Waals surface area contributed by atoms with Crippen LogP contribution in [0.1, 0.15) is 12.5 Å². The molecule has 0 aliphatic carbocycles. The number of morpholine rings is 1. The average molecular weight is 266 g/mol. The molecule has 0 radical (unpaired) electrons. The van der Waals surface area contributed by atoms with E-state index in [9.17, 15) is 4.39 Å². The summed E-state index contributed by atoms with van der Waals surface area (Å²) < 4.78 is 18.5. The molecule has 2 unspecified atom stereocenters. The quantitative estimate of drug-likeness (QED) is 0.877. The smallest absolute Gasteiger partial charge is 0.123 e. The Kier molecular flexibility index (Phi) is 5.31. The van der Waals surface area contributed by atoms with Gasteiger partial charge in [-0.2, -0.15) is 0 Å². The minimum atomic E-state index is -0.178. The summed E-state index contributed by atoms with van der Waals surface area (Å²) in [5.41, 5.74) is 1.16. The van der Waals surface area contributed by atoms with E-state index < -0.39 is 0 Å². The third kappa shape index (κ3) is 4.90. The van der Waals surface area contributed by atoms with Gasteiger partial charge in [0.25, 0.3) is 0 Å². The molecule has 0 aromatic heterocycles. The predicted molar refractivity (Wildman–Crippen MR) is 74.8 cm³/mol. The Morgan fingerprint density at radius 1 is 1.42 bits per heavy atom. The summed E-state index contributed by atoms with van der Waals surface area (Å²) in [6.45, 7) is 5.83. The van der Waals surface area contributed by atoms with Crippen LogP contribution in [-0.2, 0) is 11.2 Å². The number of nitrogens with zero attached hydrogens (tertiary/aromatic N) is 1. The van der Waals surface area contributed by atoms with Gasteiger partial charge in [0, 0.05) is 25.7 Å². The van der Waals surface area contributed by atoms with E-state index in [0.29, 0.717) is 6.04 Å². The number of ether oxygens (including phenoxy) is 1. The van der Waals surface area contributed by atoms with Crippen molar-refractivity contribution in [3.05, 3.63) is 35.6 Å². The number of hydrogen-bond donors (Lipinski definition) is 1. The van der Waals surface area contributed by atoms with Gasteiger partial charge in [-0.25, -0.2) is 4.39 Å². The summed E-state index contributed by atoms with van der Waals surface area (Å²) in [5, 5.41) is 3.49. The fourth-order valence-electron chi connectivity index (χ4n) is 2.37. The first-order chi connectivity index (χ1) is 9.13. The zero-order valence-electron chi connectivity index (χ0n) is 11.7. The molecule has 1 aromatic carbocycles. The van der Waals surface area contributed by atoms with Crippen molar-refractivity contribution >= 4 is 0 Å². The lowest BCUT2D eigenvalue weighted by Gasteiger charge is -2.31. The predicted octanol–water partition coefficient (Wildman–Crippen LogP) is 1.68. The molecule has 1 heterocycles. The minimum Gasteiger partial charge on any atom is -0.374 e. The van der Waals surface area contributed by atoms with Gasteiger partial charge < -0.3 is 15.0 Å². The van der Waals surface area contributed by atoms with Gasteiger partial charge in [0.05, 0.1) is 12.7 Å². The van der Waals surface area contributed by atoms with Crippen molar-refractivity contribution < 1.29 is 9.13 Å². The van der Waals surface area contributed by atoms with Crippen molar-refractivity contribution in [2.24, 2.45) is 0 Å². The molecule has 1 aromatic rings. The molecule has 2 rings (SSSR count). The molecule has 0 amide bonds. The molecular weight excluding hydrogens is 243 g/mol. The molecule has 0 saturated carbocycles. The van der Waals surface area contributed by atoms with E-state index in [0.717, 1.165) is 38.2 Å². The van der Waals surface area contributed by atoms with Crippen LogP contribution in [0.15, 0.2) is 24.3 Å². The Morgan fingerprint density at radius 3 is 2.84 bits per heavy atom. The summed E-state index contributed by atoms with van der Waals surface area (Å²) in [6.07, 6.45) is 1.18. The molecule has 1 aliphatic rings. The van der Waals surface area contributed by atoms with Gasteiger partial charge in [-0.05, 0) is 38.1 Å². The lowest BCUT2D eigenvalue weighted by atomic mass is 10.1. The molecule has 2 atom stereocenters. The molecule has 0 bridgehead atoms. The van der Waals surface area contributed by atoms with Crippen LogP contribution in [0.2, 0.25) is 0 Å². The van der Waals surface area contributed by atoms with Gasteiger partial charge >= 0.3 is 0 Å². The van der Waals surface area contributed by atoms with Crippen molar-refractivity contribution in [2.75, 3.05) is 33.3 Å². The van der Waals surface area contributed by atoms with Gasteiger partial charge in [-0.15, -0.1) is 0 Å². The van der Waals surface area contributed by atoms with Crippen molar-refractivity contribution in [3.8, 4) is 0 Å². The Labute approximate surface area is 114 Å².